The van der Waals surface area contributed by atoms with E-state index in [1.165, 1.54) is 24.0 Å². The highest BCUT2D eigenvalue weighted by molar-refractivity contribution is 5.84. The van der Waals surface area contributed by atoms with E-state index in [9.17, 15) is 4.79 Å². The zero-order valence-corrected chi connectivity index (χ0v) is 12.5. The van der Waals surface area contributed by atoms with Crippen molar-refractivity contribution in [2.45, 2.75) is 53.0 Å². The van der Waals surface area contributed by atoms with Crippen LogP contribution >= 0.6 is 0 Å². The molecule has 1 amide bonds. The number of hydrogen-bond acceptors (Lipinski definition) is 2. The molecule has 106 valence electrons. The van der Waals surface area contributed by atoms with Crippen LogP contribution in [0.25, 0.3) is 0 Å². The molecule has 0 bridgehead atoms. The normalized spacial score (nSPS) is 12.0. The van der Waals surface area contributed by atoms with Gasteiger partial charge in [0.2, 0.25) is 5.91 Å². The van der Waals surface area contributed by atoms with Crippen molar-refractivity contribution < 1.29 is 4.79 Å². The molecule has 19 heavy (non-hydrogen) atoms. The molecule has 3 nitrogen and oxygen atoms in total. The van der Waals surface area contributed by atoms with E-state index in [0.29, 0.717) is 0 Å². The molecule has 0 fully saturated rings. The fraction of sp³-hybridized carbons (Fsp3) is 0.562. The van der Waals surface area contributed by atoms with Crippen LogP contribution in [-0.4, -0.2) is 18.5 Å². The van der Waals surface area contributed by atoms with E-state index in [-0.39, 0.29) is 11.9 Å². The lowest BCUT2D eigenvalue weighted by atomic mass is 10.1. The fourth-order valence-electron chi connectivity index (χ4n) is 2.01. The highest BCUT2D eigenvalue weighted by Crippen LogP contribution is 2.16. The van der Waals surface area contributed by atoms with Gasteiger partial charge in [0.25, 0.3) is 0 Å². The summed E-state index contributed by atoms with van der Waals surface area (Å²) in [6.45, 7) is 8.95. The molecule has 0 aliphatic rings. The van der Waals surface area contributed by atoms with Gasteiger partial charge in [-0.15, -0.1) is 0 Å². The summed E-state index contributed by atoms with van der Waals surface area (Å²) >= 11 is 0. The SMILES string of the molecule is CCCCCNC(=O)C(C)Nc1ccc(C)cc1C. The summed E-state index contributed by atoms with van der Waals surface area (Å²) in [5.41, 5.74) is 3.44. The molecule has 1 aromatic carbocycles. The van der Waals surface area contributed by atoms with Gasteiger partial charge in [-0.3, -0.25) is 4.79 Å². The second-order valence-electron chi connectivity index (χ2n) is 5.18. The van der Waals surface area contributed by atoms with Gasteiger partial charge in [0.15, 0.2) is 0 Å². The summed E-state index contributed by atoms with van der Waals surface area (Å²) in [7, 11) is 0. The Kier molecular flexibility index (Phi) is 6.40. The van der Waals surface area contributed by atoms with E-state index in [4.69, 9.17) is 0 Å². The Morgan fingerprint density at radius 1 is 1.26 bits per heavy atom. The van der Waals surface area contributed by atoms with Gasteiger partial charge in [-0.1, -0.05) is 37.5 Å². The third-order valence-electron chi connectivity index (χ3n) is 3.23. The third-order valence-corrected chi connectivity index (χ3v) is 3.23. The smallest absolute Gasteiger partial charge is 0.242 e. The maximum Gasteiger partial charge on any atom is 0.242 e. The first-order chi connectivity index (χ1) is 9.04. The van der Waals surface area contributed by atoms with Gasteiger partial charge in [0, 0.05) is 12.2 Å². The first-order valence-electron chi connectivity index (χ1n) is 7.16. The minimum absolute atomic E-state index is 0.0658. The Morgan fingerprint density at radius 3 is 2.63 bits per heavy atom. The van der Waals surface area contributed by atoms with E-state index >= 15 is 0 Å². The maximum atomic E-state index is 11.9. The second kappa shape index (κ2) is 7.82. The molecule has 0 aliphatic heterocycles. The van der Waals surface area contributed by atoms with Crippen LogP contribution in [0.4, 0.5) is 5.69 Å². The Bertz CT molecular complexity index is 415. The molecule has 1 rings (SSSR count). The molecule has 1 atom stereocenters. The van der Waals surface area contributed by atoms with Crippen molar-refractivity contribution in [1.29, 1.82) is 0 Å². The van der Waals surface area contributed by atoms with Crippen LogP contribution in [0.2, 0.25) is 0 Å². The van der Waals surface area contributed by atoms with Gasteiger partial charge in [-0.25, -0.2) is 0 Å². The molecule has 0 heterocycles. The number of anilines is 1. The van der Waals surface area contributed by atoms with Crippen molar-refractivity contribution in [1.82, 2.24) is 5.32 Å². The number of hydrogen-bond donors (Lipinski definition) is 2. The lowest BCUT2D eigenvalue weighted by molar-refractivity contribution is -0.121. The molecule has 0 aliphatic carbocycles. The van der Waals surface area contributed by atoms with E-state index in [0.717, 1.165) is 18.7 Å². The molecule has 1 aromatic rings. The number of unbranched alkanes of at least 4 members (excludes halogenated alkanes) is 2. The van der Waals surface area contributed by atoms with Crippen LogP contribution in [0, 0.1) is 13.8 Å². The van der Waals surface area contributed by atoms with E-state index in [1.54, 1.807) is 0 Å². The number of benzene rings is 1. The predicted molar refractivity (Wildman–Crippen MR) is 81.5 cm³/mol. The molecular formula is C16H26N2O. The van der Waals surface area contributed by atoms with Gasteiger partial charge in [0.1, 0.15) is 6.04 Å². The summed E-state index contributed by atoms with van der Waals surface area (Å²) in [5.74, 6) is 0.0658. The number of nitrogens with one attached hydrogen (secondary N) is 2. The zero-order chi connectivity index (χ0) is 14.3. The van der Waals surface area contributed by atoms with Gasteiger partial charge < -0.3 is 10.6 Å². The van der Waals surface area contributed by atoms with Crippen molar-refractivity contribution in [2.75, 3.05) is 11.9 Å². The standard InChI is InChI=1S/C16H26N2O/c1-5-6-7-10-17-16(19)14(4)18-15-9-8-12(2)11-13(15)3/h8-9,11,14,18H,5-7,10H2,1-4H3,(H,17,19). The zero-order valence-electron chi connectivity index (χ0n) is 12.5. The number of carbonyl (C=O) groups excluding carboxylic acids is 1. The summed E-state index contributed by atoms with van der Waals surface area (Å²) in [6, 6.07) is 6.00. The second-order valence-corrected chi connectivity index (χ2v) is 5.18. The van der Waals surface area contributed by atoms with E-state index in [1.807, 2.05) is 13.0 Å². The molecular weight excluding hydrogens is 236 g/mol. The average Bonchev–Trinajstić information content (AvgIpc) is 2.37. The first-order valence-corrected chi connectivity index (χ1v) is 7.16. The maximum absolute atomic E-state index is 11.9. The van der Waals surface area contributed by atoms with Crippen molar-refractivity contribution in [3.05, 3.63) is 29.3 Å². The quantitative estimate of drug-likeness (QED) is 0.739. The Morgan fingerprint density at radius 2 is 2.00 bits per heavy atom. The Hall–Kier alpha value is -1.51. The summed E-state index contributed by atoms with van der Waals surface area (Å²) in [6.07, 6.45) is 3.39. The van der Waals surface area contributed by atoms with Crippen molar-refractivity contribution in [3.63, 3.8) is 0 Å². The first kappa shape index (κ1) is 15.5. The van der Waals surface area contributed by atoms with Gasteiger partial charge in [-0.05, 0) is 38.8 Å². The van der Waals surface area contributed by atoms with Crippen LogP contribution < -0.4 is 10.6 Å². The van der Waals surface area contributed by atoms with Crippen molar-refractivity contribution in [2.24, 2.45) is 0 Å². The fourth-order valence-corrected chi connectivity index (χ4v) is 2.01. The molecule has 2 N–H and O–H groups in total. The topological polar surface area (TPSA) is 41.1 Å². The predicted octanol–water partition coefficient (Wildman–Crippen LogP) is 3.41. The molecule has 1 unspecified atom stereocenters. The molecule has 0 saturated heterocycles. The van der Waals surface area contributed by atoms with Crippen LogP contribution in [-0.2, 0) is 4.79 Å². The van der Waals surface area contributed by atoms with E-state index < -0.39 is 0 Å². The lowest BCUT2D eigenvalue weighted by Gasteiger charge is -2.17. The van der Waals surface area contributed by atoms with Crippen molar-refractivity contribution >= 4 is 11.6 Å². The number of carbonyl (C=O) groups is 1. The van der Waals surface area contributed by atoms with Crippen LogP contribution in [0.5, 0.6) is 0 Å². The molecule has 0 saturated carbocycles. The third kappa shape index (κ3) is 5.33. The monoisotopic (exact) mass is 262 g/mol. The molecule has 0 aromatic heterocycles. The molecule has 0 spiro atoms. The molecule has 3 heteroatoms. The summed E-state index contributed by atoms with van der Waals surface area (Å²) < 4.78 is 0. The Balaban J connectivity index is 2.45. The highest BCUT2D eigenvalue weighted by atomic mass is 16.2. The summed E-state index contributed by atoms with van der Waals surface area (Å²) in [4.78, 5) is 11.9. The average molecular weight is 262 g/mol. The minimum Gasteiger partial charge on any atom is -0.374 e. The van der Waals surface area contributed by atoms with Gasteiger partial charge in [-0.2, -0.15) is 0 Å². The van der Waals surface area contributed by atoms with Crippen molar-refractivity contribution in [3.8, 4) is 0 Å². The number of rotatable bonds is 7. The molecule has 0 radical (unpaired) electrons. The highest BCUT2D eigenvalue weighted by Gasteiger charge is 2.12. The Labute approximate surface area is 116 Å². The minimum atomic E-state index is -0.206. The summed E-state index contributed by atoms with van der Waals surface area (Å²) in [5, 5.41) is 6.23. The number of amides is 1. The van der Waals surface area contributed by atoms with E-state index in [2.05, 4.69) is 43.5 Å². The van der Waals surface area contributed by atoms with Crippen LogP contribution in [0.15, 0.2) is 18.2 Å². The van der Waals surface area contributed by atoms with Crippen LogP contribution in [0.3, 0.4) is 0 Å². The van der Waals surface area contributed by atoms with Gasteiger partial charge >= 0.3 is 0 Å². The lowest BCUT2D eigenvalue weighted by Crippen LogP contribution is -2.38. The number of aryl methyl sites for hydroxylation is 2. The van der Waals surface area contributed by atoms with Crippen LogP contribution in [0.1, 0.15) is 44.2 Å². The van der Waals surface area contributed by atoms with Gasteiger partial charge in [0.05, 0.1) is 0 Å². The largest absolute Gasteiger partial charge is 0.374 e.